The number of hydrogen-bond acceptors (Lipinski definition) is 4. The average Bonchev–Trinajstić information content (AvgIpc) is 2.73. The van der Waals surface area contributed by atoms with Gasteiger partial charge in [0.05, 0.1) is 22.2 Å². The summed E-state index contributed by atoms with van der Waals surface area (Å²) in [4.78, 5) is 0. The number of sulfone groups is 1. The zero-order valence-electron chi connectivity index (χ0n) is 16.5. The third kappa shape index (κ3) is 4.47. The third-order valence-corrected chi connectivity index (χ3v) is 7.83. The zero-order chi connectivity index (χ0) is 19.0. The first-order chi connectivity index (χ1) is 11.4. The van der Waals surface area contributed by atoms with E-state index in [0.717, 1.165) is 11.0 Å². The molecule has 1 aliphatic rings. The molecule has 1 fully saturated rings. The van der Waals surface area contributed by atoms with Crippen molar-refractivity contribution in [2.24, 2.45) is 0 Å². The second kappa shape index (κ2) is 7.05. The average molecular weight is 366 g/mol. The van der Waals surface area contributed by atoms with Gasteiger partial charge in [-0.25, -0.2) is 8.42 Å². The van der Waals surface area contributed by atoms with Gasteiger partial charge in [0, 0.05) is 0 Å². The number of hydrogen-bond donors (Lipinski definition) is 0. The number of benzene rings is 1. The van der Waals surface area contributed by atoms with Gasteiger partial charge in [-0.2, -0.15) is 0 Å². The van der Waals surface area contributed by atoms with Crippen LogP contribution in [0.2, 0.25) is 0 Å². The van der Waals surface area contributed by atoms with Crippen LogP contribution in [-0.2, 0) is 19.1 Å². The molecule has 0 aliphatic carbocycles. The van der Waals surface area contributed by atoms with Crippen LogP contribution >= 0.6 is 0 Å². The Morgan fingerprint density at radius 3 is 1.88 bits per heavy atom. The van der Waals surface area contributed by atoms with Crippen molar-refractivity contribution >= 4 is 22.4 Å². The standard InChI is InChI=1S/C19H31BO4S/c1-14(2)25(21,22)13-12-15(3)16-8-10-17(11-9-16)20-23-18(4,5)19(6,7)24-20/h8-11,14-15H,12-13H2,1-7H3/t15-/m0/s1. The van der Waals surface area contributed by atoms with Crippen molar-refractivity contribution in [2.75, 3.05) is 5.75 Å². The lowest BCUT2D eigenvalue weighted by Gasteiger charge is -2.32. The smallest absolute Gasteiger partial charge is 0.399 e. The largest absolute Gasteiger partial charge is 0.494 e. The minimum absolute atomic E-state index is 0.195. The third-order valence-electron chi connectivity index (χ3n) is 5.58. The lowest BCUT2D eigenvalue weighted by Crippen LogP contribution is -2.41. The molecule has 0 bridgehead atoms. The molecule has 0 amide bonds. The Morgan fingerprint density at radius 2 is 1.44 bits per heavy atom. The Balaban J connectivity index is 2.03. The maximum Gasteiger partial charge on any atom is 0.494 e. The van der Waals surface area contributed by atoms with Crippen LogP contribution < -0.4 is 5.46 Å². The van der Waals surface area contributed by atoms with Crippen molar-refractivity contribution in [2.45, 2.75) is 77.3 Å². The summed E-state index contributed by atoms with van der Waals surface area (Å²) in [5.41, 5.74) is 1.42. The molecule has 1 atom stereocenters. The van der Waals surface area contributed by atoms with Crippen LogP contribution in [0.5, 0.6) is 0 Å². The van der Waals surface area contributed by atoms with Crippen LogP contribution in [0.4, 0.5) is 0 Å². The molecule has 0 saturated carbocycles. The van der Waals surface area contributed by atoms with Crippen LogP contribution in [0.1, 0.15) is 66.4 Å². The number of rotatable bonds is 6. The van der Waals surface area contributed by atoms with E-state index < -0.39 is 9.84 Å². The van der Waals surface area contributed by atoms with Gasteiger partial charge in [0.2, 0.25) is 0 Å². The maximum absolute atomic E-state index is 12.0. The van der Waals surface area contributed by atoms with Gasteiger partial charge in [-0.1, -0.05) is 31.2 Å². The van der Waals surface area contributed by atoms with Gasteiger partial charge in [0.1, 0.15) is 0 Å². The van der Waals surface area contributed by atoms with Gasteiger partial charge in [-0.3, -0.25) is 0 Å². The first-order valence-electron chi connectivity index (χ1n) is 9.03. The molecule has 25 heavy (non-hydrogen) atoms. The Morgan fingerprint density at radius 1 is 0.960 bits per heavy atom. The van der Waals surface area contributed by atoms with E-state index in [2.05, 4.69) is 6.92 Å². The first kappa shape index (κ1) is 20.5. The summed E-state index contributed by atoms with van der Waals surface area (Å²) >= 11 is 0. The summed E-state index contributed by atoms with van der Waals surface area (Å²) in [6, 6.07) is 8.13. The molecule has 0 spiro atoms. The molecule has 4 nitrogen and oxygen atoms in total. The Labute approximate surface area is 153 Å². The highest BCUT2D eigenvalue weighted by Crippen LogP contribution is 2.36. The van der Waals surface area contributed by atoms with Crippen molar-refractivity contribution in [3.05, 3.63) is 29.8 Å². The summed E-state index contributed by atoms with van der Waals surface area (Å²) in [6.45, 7) is 13.7. The normalized spacial score (nSPS) is 20.9. The van der Waals surface area contributed by atoms with E-state index in [1.165, 1.54) is 0 Å². The quantitative estimate of drug-likeness (QED) is 0.725. The van der Waals surface area contributed by atoms with E-state index in [-0.39, 0.29) is 35.2 Å². The molecule has 0 unspecified atom stereocenters. The van der Waals surface area contributed by atoms with Gasteiger partial charge in [-0.05, 0) is 64.9 Å². The summed E-state index contributed by atoms with van der Waals surface area (Å²) in [7, 11) is -3.35. The molecule has 1 aromatic rings. The summed E-state index contributed by atoms with van der Waals surface area (Å²) < 4.78 is 36.1. The second-order valence-corrected chi connectivity index (χ2v) is 11.0. The van der Waals surface area contributed by atoms with Crippen molar-refractivity contribution in [3.8, 4) is 0 Å². The molecular formula is C19H31BO4S. The fourth-order valence-electron chi connectivity index (χ4n) is 2.70. The molecule has 0 radical (unpaired) electrons. The molecule has 2 rings (SSSR count). The fraction of sp³-hybridized carbons (Fsp3) is 0.684. The summed E-state index contributed by atoms with van der Waals surface area (Å²) in [5.74, 6) is 0.422. The second-order valence-electron chi connectivity index (χ2n) is 8.36. The predicted molar refractivity (Wildman–Crippen MR) is 104 cm³/mol. The molecule has 6 heteroatoms. The first-order valence-corrected chi connectivity index (χ1v) is 10.7. The van der Waals surface area contributed by atoms with Crippen molar-refractivity contribution in [1.82, 2.24) is 0 Å². The molecule has 0 aromatic heterocycles. The van der Waals surface area contributed by atoms with E-state index in [1.54, 1.807) is 13.8 Å². The minimum Gasteiger partial charge on any atom is -0.399 e. The molecule has 140 valence electrons. The van der Waals surface area contributed by atoms with Crippen molar-refractivity contribution < 1.29 is 17.7 Å². The summed E-state index contributed by atoms with van der Waals surface area (Å²) in [5, 5.41) is -0.314. The highest BCUT2D eigenvalue weighted by molar-refractivity contribution is 7.91. The lowest BCUT2D eigenvalue weighted by atomic mass is 9.78. The van der Waals surface area contributed by atoms with Crippen LogP contribution in [0, 0.1) is 0 Å². The van der Waals surface area contributed by atoms with E-state index in [4.69, 9.17) is 9.31 Å². The Bertz CT molecular complexity index is 677. The van der Waals surface area contributed by atoms with Crippen LogP contribution in [0.15, 0.2) is 24.3 Å². The molecular weight excluding hydrogens is 335 g/mol. The van der Waals surface area contributed by atoms with E-state index in [9.17, 15) is 8.42 Å². The van der Waals surface area contributed by atoms with Gasteiger partial charge < -0.3 is 9.31 Å². The molecule has 0 N–H and O–H groups in total. The SMILES string of the molecule is CC(C)S(=O)(=O)CC[C@H](C)c1ccc(B2OC(C)(C)C(C)(C)O2)cc1. The molecule has 1 saturated heterocycles. The maximum atomic E-state index is 12.0. The van der Waals surface area contributed by atoms with E-state index >= 15 is 0 Å². The molecule has 1 aromatic carbocycles. The fourth-order valence-corrected chi connectivity index (χ4v) is 3.86. The molecule has 1 aliphatic heterocycles. The highest BCUT2D eigenvalue weighted by Gasteiger charge is 2.51. The minimum atomic E-state index is -2.99. The Kier molecular flexibility index (Phi) is 5.77. The Hall–Kier alpha value is -0.845. The van der Waals surface area contributed by atoms with Crippen molar-refractivity contribution in [1.29, 1.82) is 0 Å². The predicted octanol–water partition coefficient (Wildman–Crippen LogP) is 3.30. The lowest BCUT2D eigenvalue weighted by molar-refractivity contribution is 0.00578. The van der Waals surface area contributed by atoms with Gasteiger partial charge in [0.15, 0.2) is 9.84 Å². The summed E-state index contributed by atoms with van der Waals surface area (Å²) in [6.07, 6.45) is 0.635. The zero-order valence-corrected chi connectivity index (χ0v) is 17.3. The van der Waals surface area contributed by atoms with E-state index in [0.29, 0.717) is 6.42 Å². The highest BCUT2D eigenvalue weighted by atomic mass is 32.2. The molecule has 1 heterocycles. The van der Waals surface area contributed by atoms with Crippen molar-refractivity contribution in [3.63, 3.8) is 0 Å². The van der Waals surface area contributed by atoms with Crippen LogP contribution in [-0.4, -0.2) is 37.7 Å². The van der Waals surface area contributed by atoms with Gasteiger partial charge in [-0.15, -0.1) is 0 Å². The van der Waals surface area contributed by atoms with Gasteiger partial charge >= 0.3 is 7.12 Å². The topological polar surface area (TPSA) is 52.6 Å². The monoisotopic (exact) mass is 366 g/mol. The van der Waals surface area contributed by atoms with Crippen LogP contribution in [0.25, 0.3) is 0 Å². The van der Waals surface area contributed by atoms with E-state index in [1.807, 2.05) is 52.0 Å². The van der Waals surface area contributed by atoms with Crippen LogP contribution in [0.3, 0.4) is 0 Å². The van der Waals surface area contributed by atoms with Gasteiger partial charge in [0.25, 0.3) is 0 Å².